The zero-order valence-corrected chi connectivity index (χ0v) is 21.7. The fourth-order valence-corrected chi connectivity index (χ4v) is 6.35. The molecule has 1 aromatic rings. The highest BCUT2D eigenvalue weighted by Crippen LogP contribution is 2.20. The second-order valence-electron chi connectivity index (χ2n) is 9.78. The van der Waals surface area contributed by atoms with E-state index < -0.39 is 16.3 Å². The first-order valence-electron chi connectivity index (χ1n) is 12.0. The lowest BCUT2D eigenvalue weighted by atomic mass is 10.0. The molecule has 2 aliphatic heterocycles. The van der Waals surface area contributed by atoms with Crippen molar-refractivity contribution < 1.29 is 22.7 Å². The average molecular weight is 495 g/mol. The van der Waals surface area contributed by atoms with E-state index in [2.05, 4.69) is 5.32 Å². The van der Waals surface area contributed by atoms with E-state index in [9.17, 15) is 18.0 Å². The topological polar surface area (TPSA) is 99.3 Å². The van der Waals surface area contributed by atoms with Crippen LogP contribution in [0.25, 0.3) is 0 Å². The molecule has 0 aliphatic carbocycles. The fourth-order valence-electron chi connectivity index (χ4n) is 4.60. The molecule has 2 heterocycles. The van der Waals surface area contributed by atoms with Gasteiger partial charge in [0.25, 0.3) is 16.1 Å². The van der Waals surface area contributed by atoms with Crippen LogP contribution in [0.2, 0.25) is 0 Å². The molecular formula is C24H38N4O5S. The van der Waals surface area contributed by atoms with Gasteiger partial charge in [0.15, 0.2) is 0 Å². The number of carbonyl (C=O) groups is 2. The first kappa shape index (κ1) is 26.6. The van der Waals surface area contributed by atoms with E-state index in [1.165, 1.54) is 8.61 Å². The predicted octanol–water partition coefficient (Wildman–Crippen LogP) is 1.64. The third-order valence-electron chi connectivity index (χ3n) is 6.29. The van der Waals surface area contributed by atoms with Crippen molar-refractivity contribution in [2.24, 2.45) is 5.92 Å². The molecule has 3 unspecified atom stereocenters. The van der Waals surface area contributed by atoms with Gasteiger partial charge in [0.1, 0.15) is 6.04 Å². The van der Waals surface area contributed by atoms with Crippen LogP contribution in [0.4, 0.5) is 0 Å². The summed E-state index contributed by atoms with van der Waals surface area (Å²) in [5.41, 5.74) is 1.40. The Morgan fingerprint density at radius 2 is 1.62 bits per heavy atom. The lowest BCUT2D eigenvalue weighted by Gasteiger charge is -2.40. The van der Waals surface area contributed by atoms with Gasteiger partial charge in [0, 0.05) is 44.8 Å². The Hall–Kier alpha value is -2.01. The van der Waals surface area contributed by atoms with Crippen molar-refractivity contribution in [1.29, 1.82) is 0 Å². The van der Waals surface area contributed by atoms with E-state index in [-0.39, 0.29) is 43.0 Å². The number of rotatable bonds is 7. The number of morpholine rings is 1. The average Bonchev–Trinajstić information content (AvgIpc) is 2.77. The van der Waals surface area contributed by atoms with Crippen LogP contribution in [-0.2, 0) is 19.7 Å². The highest BCUT2D eigenvalue weighted by Gasteiger charge is 2.38. The molecule has 1 N–H and O–H groups in total. The van der Waals surface area contributed by atoms with Gasteiger partial charge in [-0.1, -0.05) is 32.0 Å². The lowest BCUT2D eigenvalue weighted by Crippen LogP contribution is -2.59. The van der Waals surface area contributed by atoms with Crippen molar-refractivity contribution in [2.75, 3.05) is 39.3 Å². The summed E-state index contributed by atoms with van der Waals surface area (Å²) in [6, 6.07) is 6.63. The fraction of sp³-hybridized carbons (Fsp3) is 0.667. The van der Waals surface area contributed by atoms with Crippen molar-refractivity contribution in [3.63, 3.8) is 0 Å². The van der Waals surface area contributed by atoms with Gasteiger partial charge in [-0.15, -0.1) is 0 Å². The molecule has 9 nitrogen and oxygen atoms in total. The van der Waals surface area contributed by atoms with Crippen LogP contribution < -0.4 is 5.32 Å². The number of nitrogens with one attached hydrogen (secondary N) is 1. The second kappa shape index (κ2) is 11.2. The van der Waals surface area contributed by atoms with Crippen LogP contribution in [0.5, 0.6) is 0 Å². The zero-order valence-electron chi connectivity index (χ0n) is 20.9. The number of carbonyl (C=O) groups excluding carboxylic acids is 2. The molecular weight excluding hydrogens is 456 g/mol. The quantitative estimate of drug-likeness (QED) is 0.621. The molecule has 2 aliphatic rings. The van der Waals surface area contributed by atoms with Crippen molar-refractivity contribution in [3.8, 4) is 0 Å². The van der Waals surface area contributed by atoms with E-state index >= 15 is 0 Å². The molecule has 10 heteroatoms. The number of amides is 2. The van der Waals surface area contributed by atoms with Crippen LogP contribution in [0.1, 0.15) is 50.0 Å². The van der Waals surface area contributed by atoms with Gasteiger partial charge in [0.05, 0.1) is 12.2 Å². The van der Waals surface area contributed by atoms with Crippen LogP contribution in [0.3, 0.4) is 0 Å². The zero-order chi connectivity index (χ0) is 25.0. The predicted molar refractivity (Wildman–Crippen MR) is 131 cm³/mol. The number of piperazine rings is 1. The van der Waals surface area contributed by atoms with Gasteiger partial charge >= 0.3 is 0 Å². The van der Waals surface area contributed by atoms with Gasteiger partial charge in [0.2, 0.25) is 5.91 Å². The third-order valence-corrected chi connectivity index (χ3v) is 8.26. The highest BCUT2D eigenvalue weighted by atomic mass is 32.2. The first-order chi connectivity index (χ1) is 16.0. The molecule has 0 radical (unpaired) electrons. The first-order valence-corrected chi connectivity index (χ1v) is 13.4. The Balaban J connectivity index is 1.64. The summed E-state index contributed by atoms with van der Waals surface area (Å²) in [6.45, 7) is 11.3. The summed E-state index contributed by atoms with van der Waals surface area (Å²) in [5, 5.41) is 2.92. The summed E-state index contributed by atoms with van der Waals surface area (Å²) >= 11 is 0. The molecule has 3 rings (SSSR count). The molecule has 190 valence electrons. The Morgan fingerprint density at radius 3 is 2.18 bits per heavy atom. The molecule has 0 spiro atoms. The van der Waals surface area contributed by atoms with Gasteiger partial charge in [-0.2, -0.15) is 17.0 Å². The molecule has 1 aromatic carbocycles. The molecule has 0 saturated carbocycles. The number of ether oxygens (including phenoxy) is 1. The Labute approximate surface area is 203 Å². The molecule has 3 atom stereocenters. The Morgan fingerprint density at radius 1 is 1.03 bits per heavy atom. The molecule has 0 bridgehead atoms. The van der Waals surface area contributed by atoms with E-state index in [0.29, 0.717) is 38.2 Å². The van der Waals surface area contributed by atoms with Crippen molar-refractivity contribution in [1.82, 2.24) is 18.8 Å². The Kier molecular flexibility index (Phi) is 8.72. The monoisotopic (exact) mass is 494 g/mol. The van der Waals surface area contributed by atoms with Crippen LogP contribution in [-0.4, -0.2) is 91.3 Å². The SMILES string of the molecule is Cc1ccccc1C(=O)NC(CC(C)C)C(=O)N1CCN(S(=O)(=O)N2CC(C)OC(C)C2)CC1. The van der Waals surface area contributed by atoms with E-state index in [1.54, 1.807) is 17.0 Å². The molecule has 2 amide bonds. The smallest absolute Gasteiger partial charge is 0.282 e. The number of hydrogen-bond acceptors (Lipinski definition) is 5. The third kappa shape index (κ3) is 6.35. The summed E-state index contributed by atoms with van der Waals surface area (Å²) < 4.78 is 34.9. The normalized spacial score (nSPS) is 23.6. The summed E-state index contributed by atoms with van der Waals surface area (Å²) in [7, 11) is -3.62. The van der Waals surface area contributed by atoms with Gasteiger partial charge in [-0.25, -0.2) is 0 Å². The summed E-state index contributed by atoms with van der Waals surface area (Å²) in [5.74, 6) is -0.228. The molecule has 0 aromatic heterocycles. The largest absolute Gasteiger partial charge is 0.373 e. The van der Waals surface area contributed by atoms with E-state index in [4.69, 9.17) is 4.74 Å². The Bertz CT molecular complexity index is 965. The maximum Gasteiger partial charge on any atom is 0.282 e. The number of aryl methyl sites for hydroxylation is 1. The maximum absolute atomic E-state index is 13.3. The lowest BCUT2D eigenvalue weighted by molar-refractivity contribution is -0.134. The summed E-state index contributed by atoms with van der Waals surface area (Å²) in [4.78, 5) is 27.9. The number of hydrogen-bond donors (Lipinski definition) is 1. The minimum atomic E-state index is -3.62. The minimum Gasteiger partial charge on any atom is -0.373 e. The maximum atomic E-state index is 13.3. The minimum absolute atomic E-state index is 0.157. The summed E-state index contributed by atoms with van der Waals surface area (Å²) in [6.07, 6.45) is 0.198. The highest BCUT2D eigenvalue weighted by molar-refractivity contribution is 7.86. The van der Waals surface area contributed by atoms with Gasteiger partial charge in [-0.3, -0.25) is 9.59 Å². The number of nitrogens with zero attached hydrogens (tertiary/aromatic N) is 3. The molecule has 2 saturated heterocycles. The van der Waals surface area contributed by atoms with E-state index in [0.717, 1.165) is 5.56 Å². The standard InChI is InChI=1S/C24H38N4O5S/c1-17(2)14-22(25-23(29)21-9-7-6-8-18(21)3)24(30)26-10-12-27(13-11-26)34(31,32)28-15-19(4)33-20(5)16-28/h6-9,17,19-20,22H,10-16H2,1-5H3,(H,25,29). The molecule has 2 fully saturated rings. The number of benzene rings is 1. The second-order valence-corrected chi connectivity index (χ2v) is 11.7. The van der Waals surface area contributed by atoms with Crippen molar-refractivity contribution >= 4 is 22.0 Å². The van der Waals surface area contributed by atoms with Crippen LogP contribution in [0.15, 0.2) is 24.3 Å². The van der Waals surface area contributed by atoms with Crippen LogP contribution in [0, 0.1) is 12.8 Å². The molecule has 34 heavy (non-hydrogen) atoms. The van der Waals surface area contributed by atoms with Gasteiger partial charge < -0.3 is 15.0 Å². The van der Waals surface area contributed by atoms with Crippen LogP contribution >= 0.6 is 0 Å². The van der Waals surface area contributed by atoms with E-state index in [1.807, 2.05) is 46.8 Å². The van der Waals surface area contributed by atoms with Gasteiger partial charge in [-0.05, 0) is 44.7 Å². The van der Waals surface area contributed by atoms with Crippen molar-refractivity contribution in [2.45, 2.75) is 59.3 Å². The van der Waals surface area contributed by atoms with Crippen molar-refractivity contribution in [3.05, 3.63) is 35.4 Å².